The summed E-state index contributed by atoms with van der Waals surface area (Å²) in [6.07, 6.45) is 1.78. The van der Waals surface area contributed by atoms with Gasteiger partial charge in [-0.1, -0.05) is 12.1 Å². The molecule has 0 atom stereocenters. The van der Waals surface area contributed by atoms with Crippen LogP contribution in [-0.2, 0) is 16.1 Å². The van der Waals surface area contributed by atoms with Crippen molar-refractivity contribution in [2.75, 3.05) is 26.2 Å². The Labute approximate surface area is 129 Å². The quantitative estimate of drug-likeness (QED) is 0.839. The molecule has 2 heterocycles. The van der Waals surface area contributed by atoms with Crippen LogP contribution in [0, 0.1) is 5.82 Å². The van der Waals surface area contributed by atoms with Crippen molar-refractivity contribution < 1.29 is 14.0 Å². The van der Waals surface area contributed by atoms with Crippen LogP contribution in [0.2, 0.25) is 0 Å². The second-order valence-electron chi connectivity index (χ2n) is 5.84. The lowest BCUT2D eigenvalue weighted by molar-refractivity contribution is -0.158. The van der Waals surface area contributed by atoms with Crippen molar-refractivity contribution >= 4 is 11.8 Å². The molecule has 0 saturated carbocycles. The summed E-state index contributed by atoms with van der Waals surface area (Å²) in [7, 11) is 0. The van der Waals surface area contributed by atoms with E-state index >= 15 is 0 Å². The summed E-state index contributed by atoms with van der Waals surface area (Å²) in [6.45, 7) is 3.11. The highest BCUT2D eigenvalue weighted by molar-refractivity contribution is 6.35. The topological polar surface area (TPSA) is 52.7 Å². The molecule has 6 heteroatoms. The lowest BCUT2D eigenvalue weighted by Crippen LogP contribution is -2.58. The average molecular weight is 305 g/mol. The highest BCUT2D eigenvalue weighted by Crippen LogP contribution is 2.18. The van der Waals surface area contributed by atoms with Crippen LogP contribution in [0.25, 0.3) is 0 Å². The largest absolute Gasteiger partial charge is 0.330 e. The van der Waals surface area contributed by atoms with E-state index in [0.29, 0.717) is 18.7 Å². The van der Waals surface area contributed by atoms with Crippen LogP contribution >= 0.6 is 0 Å². The number of carbonyl (C=O) groups excluding carboxylic acids is 2. The van der Waals surface area contributed by atoms with Crippen LogP contribution in [-0.4, -0.2) is 53.8 Å². The number of amides is 2. The van der Waals surface area contributed by atoms with Gasteiger partial charge in [0.25, 0.3) is 0 Å². The molecule has 118 valence electrons. The first-order valence-corrected chi connectivity index (χ1v) is 7.70. The molecule has 22 heavy (non-hydrogen) atoms. The molecule has 2 amide bonds. The number of piperidine rings is 1. The van der Waals surface area contributed by atoms with Crippen molar-refractivity contribution in [3.05, 3.63) is 35.6 Å². The smallest absolute Gasteiger partial charge is 0.312 e. The highest BCUT2D eigenvalue weighted by atomic mass is 19.1. The molecule has 2 fully saturated rings. The first kappa shape index (κ1) is 15.0. The van der Waals surface area contributed by atoms with Gasteiger partial charge in [-0.05, 0) is 43.6 Å². The maximum Gasteiger partial charge on any atom is 0.312 e. The van der Waals surface area contributed by atoms with E-state index in [1.807, 2.05) is 0 Å². The Balaban J connectivity index is 1.65. The molecule has 0 aromatic heterocycles. The van der Waals surface area contributed by atoms with Gasteiger partial charge in [0.15, 0.2) is 0 Å². The highest BCUT2D eigenvalue weighted by Gasteiger charge is 2.36. The molecule has 3 rings (SSSR count). The zero-order valence-corrected chi connectivity index (χ0v) is 12.4. The normalized spacial score (nSPS) is 20.6. The van der Waals surface area contributed by atoms with Gasteiger partial charge in [-0.25, -0.2) is 4.39 Å². The van der Waals surface area contributed by atoms with Crippen LogP contribution in [0.1, 0.15) is 18.4 Å². The summed E-state index contributed by atoms with van der Waals surface area (Å²) in [5.74, 6) is -1.23. The van der Waals surface area contributed by atoms with Crippen molar-refractivity contribution in [2.24, 2.45) is 0 Å². The molecular weight excluding hydrogens is 285 g/mol. The first-order valence-electron chi connectivity index (χ1n) is 7.70. The van der Waals surface area contributed by atoms with Crippen molar-refractivity contribution in [3.8, 4) is 0 Å². The van der Waals surface area contributed by atoms with Gasteiger partial charge in [-0.2, -0.15) is 0 Å². The number of halogens is 1. The molecule has 5 nitrogen and oxygen atoms in total. The predicted octanol–water partition coefficient (Wildman–Crippen LogP) is 0.748. The van der Waals surface area contributed by atoms with Gasteiger partial charge in [0.1, 0.15) is 5.82 Å². The third-order valence-electron chi connectivity index (χ3n) is 4.35. The molecule has 2 aliphatic rings. The van der Waals surface area contributed by atoms with E-state index in [1.54, 1.807) is 17.0 Å². The minimum absolute atomic E-state index is 0.161. The Hall–Kier alpha value is -1.95. The van der Waals surface area contributed by atoms with Crippen molar-refractivity contribution in [2.45, 2.75) is 25.4 Å². The Morgan fingerprint density at radius 2 is 1.91 bits per heavy atom. The number of carbonyl (C=O) groups is 2. The third-order valence-corrected chi connectivity index (χ3v) is 4.35. The van der Waals surface area contributed by atoms with E-state index in [0.717, 1.165) is 25.9 Å². The van der Waals surface area contributed by atoms with Gasteiger partial charge >= 0.3 is 11.8 Å². The summed E-state index contributed by atoms with van der Waals surface area (Å²) >= 11 is 0. The van der Waals surface area contributed by atoms with E-state index < -0.39 is 11.8 Å². The summed E-state index contributed by atoms with van der Waals surface area (Å²) in [4.78, 5) is 27.8. The lowest BCUT2D eigenvalue weighted by Gasteiger charge is -2.40. The molecule has 1 aromatic rings. The van der Waals surface area contributed by atoms with Crippen molar-refractivity contribution in [1.29, 1.82) is 0 Å². The van der Waals surface area contributed by atoms with Crippen molar-refractivity contribution in [3.63, 3.8) is 0 Å². The molecule has 2 aliphatic heterocycles. The molecule has 0 radical (unpaired) electrons. The van der Waals surface area contributed by atoms with Crippen molar-refractivity contribution in [1.82, 2.24) is 15.1 Å². The van der Waals surface area contributed by atoms with E-state index in [4.69, 9.17) is 0 Å². The molecule has 0 bridgehead atoms. The fraction of sp³-hybridized carbons (Fsp3) is 0.500. The van der Waals surface area contributed by atoms with Gasteiger partial charge in [0.05, 0.1) is 0 Å². The monoisotopic (exact) mass is 305 g/mol. The number of piperazine rings is 1. The molecule has 1 aromatic carbocycles. The number of hydrogen-bond acceptors (Lipinski definition) is 3. The fourth-order valence-corrected chi connectivity index (χ4v) is 3.16. The molecule has 2 saturated heterocycles. The Bertz CT molecular complexity index is 572. The maximum atomic E-state index is 13.2. The van der Waals surface area contributed by atoms with Gasteiger partial charge in [0.2, 0.25) is 0 Å². The van der Waals surface area contributed by atoms with Crippen LogP contribution in [0.3, 0.4) is 0 Å². The Morgan fingerprint density at radius 3 is 2.64 bits per heavy atom. The molecule has 0 spiro atoms. The molecule has 0 unspecified atom stereocenters. The third kappa shape index (κ3) is 3.11. The van der Waals surface area contributed by atoms with Gasteiger partial charge in [-0.15, -0.1) is 0 Å². The zero-order chi connectivity index (χ0) is 15.5. The number of hydrogen-bond donors (Lipinski definition) is 1. The number of rotatable bonds is 3. The van der Waals surface area contributed by atoms with E-state index in [9.17, 15) is 14.0 Å². The molecular formula is C16H20FN3O2. The lowest BCUT2D eigenvalue weighted by atomic mass is 10.0. The van der Waals surface area contributed by atoms with Gasteiger partial charge in [-0.3, -0.25) is 9.59 Å². The van der Waals surface area contributed by atoms with Crippen LogP contribution in [0.15, 0.2) is 24.3 Å². The number of nitrogens with zero attached hydrogens (tertiary/aromatic N) is 2. The van der Waals surface area contributed by atoms with Crippen LogP contribution < -0.4 is 5.32 Å². The summed E-state index contributed by atoms with van der Waals surface area (Å²) in [5, 5.41) is 3.26. The second-order valence-corrected chi connectivity index (χ2v) is 5.84. The maximum absolute atomic E-state index is 13.2. The standard InChI is InChI=1S/C16H20FN3O2/c17-13-3-1-2-12(10-13)11-19-8-9-20(16(22)15(19)21)14-4-6-18-7-5-14/h1-3,10,14,18H,4-9,11H2. The van der Waals surface area contributed by atoms with E-state index in [1.165, 1.54) is 17.0 Å². The zero-order valence-electron chi connectivity index (χ0n) is 12.4. The minimum Gasteiger partial charge on any atom is -0.330 e. The molecule has 0 aliphatic carbocycles. The van der Waals surface area contributed by atoms with Crippen LogP contribution in [0.5, 0.6) is 0 Å². The van der Waals surface area contributed by atoms with E-state index in [2.05, 4.69) is 5.32 Å². The minimum atomic E-state index is -0.478. The van der Waals surface area contributed by atoms with Gasteiger partial charge in [0, 0.05) is 25.7 Å². The molecule has 1 N–H and O–H groups in total. The number of nitrogens with one attached hydrogen (secondary N) is 1. The predicted molar refractivity (Wildman–Crippen MR) is 79.4 cm³/mol. The van der Waals surface area contributed by atoms with Gasteiger partial charge < -0.3 is 15.1 Å². The summed E-state index contributed by atoms with van der Waals surface area (Å²) < 4.78 is 13.2. The summed E-state index contributed by atoms with van der Waals surface area (Å²) in [6, 6.07) is 6.30. The van der Waals surface area contributed by atoms with Crippen LogP contribution in [0.4, 0.5) is 4.39 Å². The first-order chi connectivity index (χ1) is 10.6. The second kappa shape index (κ2) is 6.44. The Kier molecular flexibility index (Phi) is 4.38. The Morgan fingerprint density at radius 1 is 1.14 bits per heavy atom. The van der Waals surface area contributed by atoms with E-state index in [-0.39, 0.29) is 18.4 Å². The number of benzene rings is 1. The fourth-order valence-electron chi connectivity index (χ4n) is 3.16. The summed E-state index contributed by atoms with van der Waals surface area (Å²) in [5.41, 5.74) is 0.705. The average Bonchev–Trinajstić information content (AvgIpc) is 2.53. The SMILES string of the molecule is O=C1C(=O)N(C2CCNCC2)CCN1Cc1cccc(F)c1.